The monoisotopic (exact) mass is 526 g/mol. The number of nitrogens with zero attached hydrogens (tertiary/aromatic N) is 2. The van der Waals surface area contributed by atoms with E-state index in [0.29, 0.717) is 23.2 Å². The van der Waals surface area contributed by atoms with Gasteiger partial charge < -0.3 is 14.7 Å². The second-order valence-electron chi connectivity index (χ2n) is 8.98. The molecule has 4 aromatic rings. The standard InChI is InChI=1S/C27H24Cl2N2O3S/c1-16-13-22-25(24(21(16)14-23(32)33)17-3-7-19(28)8-4-17)35-26(30-22)31-11-12-34-27(2,15-31)18-5-9-20(29)10-6-18/h3-10,13H,11-12,14-15H2,1-2H3,(H,32,33). The number of ether oxygens (including phenoxy) is 1. The normalized spacial score (nSPS) is 18.2. The zero-order valence-electron chi connectivity index (χ0n) is 19.3. The lowest BCUT2D eigenvalue weighted by atomic mass is 9.93. The zero-order valence-corrected chi connectivity index (χ0v) is 21.7. The fourth-order valence-corrected chi connectivity index (χ4v) is 6.09. The van der Waals surface area contributed by atoms with Gasteiger partial charge in [-0.3, -0.25) is 4.79 Å². The fraction of sp³-hybridized carbons (Fsp3) is 0.259. The van der Waals surface area contributed by atoms with Gasteiger partial charge in [-0.1, -0.05) is 58.8 Å². The summed E-state index contributed by atoms with van der Waals surface area (Å²) in [7, 11) is 0. The molecule has 1 atom stereocenters. The molecular formula is C27H24Cl2N2O3S. The minimum Gasteiger partial charge on any atom is -0.481 e. The maximum Gasteiger partial charge on any atom is 0.307 e. The van der Waals surface area contributed by atoms with E-state index in [4.69, 9.17) is 32.9 Å². The number of anilines is 1. The molecule has 1 aliphatic heterocycles. The number of benzene rings is 3. The van der Waals surface area contributed by atoms with Crippen LogP contribution in [0.2, 0.25) is 10.0 Å². The molecule has 8 heteroatoms. The van der Waals surface area contributed by atoms with Gasteiger partial charge in [-0.25, -0.2) is 4.98 Å². The first-order valence-corrected chi connectivity index (χ1v) is 12.9. The summed E-state index contributed by atoms with van der Waals surface area (Å²) in [6.07, 6.45) is -0.0564. The van der Waals surface area contributed by atoms with E-state index in [9.17, 15) is 9.90 Å². The Morgan fingerprint density at radius 3 is 2.46 bits per heavy atom. The Kier molecular flexibility index (Phi) is 6.49. The molecule has 0 spiro atoms. The van der Waals surface area contributed by atoms with E-state index in [1.165, 1.54) is 0 Å². The molecule has 0 saturated carbocycles. The summed E-state index contributed by atoms with van der Waals surface area (Å²) < 4.78 is 7.19. The van der Waals surface area contributed by atoms with Gasteiger partial charge in [0.05, 0.1) is 29.8 Å². The third-order valence-electron chi connectivity index (χ3n) is 6.46. The van der Waals surface area contributed by atoms with Gasteiger partial charge in [0.1, 0.15) is 5.60 Å². The maximum atomic E-state index is 11.7. The van der Waals surface area contributed by atoms with Crippen LogP contribution in [-0.4, -0.2) is 35.8 Å². The van der Waals surface area contributed by atoms with E-state index in [0.717, 1.165) is 49.7 Å². The minimum absolute atomic E-state index is 0.0564. The van der Waals surface area contributed by atoms with E-state index in [1.54, 1.807) is 11.3 Å². The molecule has 2 heterocycles. The van der Waals surface area contributed by atoms with Crippen LogP contribution >= 0.6 is 34.5 Å². The first-order chi connectivity index (χ1) is 16.7. The second kappa shape index (κ2) is 9.43. The molecule has 1 aromatic heterocycles. The largest absolute Gasteiger partial charge is 0.481 e. The first-order valence-electron chi connectivity index (χ1n) is 11.3. The Morgan fingerprint density at radius 1 is 1.14 bits per heavy atom. The van der Waals surface area contributed by atoms with Gasteiger partial charge in [-0.15, -0.1) is 0 Å². The number of carboxylic acid groups (broad SMARTS) is 1. The summed E-state index contributed by atoms with van der Waals surface area (Å²) in [6, 6.07) is 17.3. The Bertz CT molecular complexity index is 1400. The summed E-state index contributed by atoms with van der Waals surface area (Å²) in [6.45, 7) is 5.97. The van der Waals surface area contributed by atoms with Crippen molar-refractivity contribution >= 4 is 55.9 Å². The van der Waals surface area contributed by atoms with Gasteiger partial charge in [0.2, 0.25) is 0 Å². The zero-order chi connectivity index (χ0) is 24.7. The molecule has 1 N–H and O–H groups in total. The van der Waals surface area contributed by atoms with Crippen molar-refractivity contribution in [3.05, 3.63) is 81.3 Å². The molecule has 1 unspecified atom stereocenters. The summed E-state index contributed by atoms with van der Waals surface area (Å²) >= 11 is 13.8. The van der Waals surface area contributed by atoms with Crippen LogP contribution in [-0.2, 0) is 21.6 Å². The van der Waals surface area contributed by atoms with Crippen molar-refractivity contribution in [2.24, 2.45) is 0 Å². The summed E-state index contributed by atoms with van der Waals surface area (Å²) in [5, 5.41) is 11.8. The topological polar surface area (TPSA) is 62.7 Å². The quantitative estimate of drug-likeness (QED) is 0.304. The SMILES string of the molecule is Cc1cc2nc(N3CCOC(C)(c4ccc(Cl)cc4)C3)sc2c(-c2ccc(Cl)cc2)c1CC(=O)O. The number of carboxylic acids is 1. The lowest BCUT2D eigenvalue weighted by molar-refractivity contribution is -0.136. The number of halogens is 2. The number of aryl methyl sites for hydroxylation is 1. The van der Waals surface area contributed by atoms with E-state index < -0.39 is 11.6 Å². The smallest absolute Gasteiger partial charge is 0.307 e. The lowest BCUT2D eigenvalue weighted by Crippen LogP contribution is -2.48. The number of hydrogen-bond acceptors (Lipinski definition) is 5. The molecule has 0 aliphatic carbocycles. The van der Waals surface area contributed by atoms with E-state index in [-0.39, 0.29) is 6.42 Å². The van der Waals surface area contributed by atoms with Crippen molar-refractivity contribution in [3.8, 4) is 11.1 Å². The summed E-state index contributed by atoms with van der Waals surface area (Å²) in [5.74, 6) is -0.862. The highest BCUT2D eigenvalue weighted by atomic mass is 35.5. The Labute approximate surface area is 217 Å². The molecule has 180 valence electrons. The summed E-state index contributed by atoms with van der Waals surface area (Å²) in [4.78, 5) is 19.0. The average Bonchev–Trinajstić information content (AvgIpc) is 3.24. The van der Waals surface area contributed by atoms with Gasteiger partial charge in [0.15, 0.2) is 5.13 Å². The van der Waals surface area contributed by atoms with Gasteiger partial charge >= 0.3 is 5.97 Å². The van der Waals surface area contributed by atoms with Crippen molar-refractivity contribution in [1.29, 1.82) is 0 Å². The van der Waals surface area contributed by atoms with Crippen molar-refractivity contribution in [2.45, 2.75) is 25.9 Å². The highest BCUT2D eigenvalue weighted by Crippen LogP contribution is 2.42. The van der Waals surface area contributed by atoms with Crippen LogP contribution in [0.3, 0.4) is 0 Å². The Hall–Kier alpha value is -2.64. The minimum atomic E-state index is -0.862. The van der Waals surface area contributed by atoms with Crippen LogP contribution in [0.1, 0.15) is 23.6 Å². The van der Waals surface area contributed by atoms with Crippen molar-refractivity contribution in [1.82, 2.24) is 4.98 Å². The van der Waals surface area contributed by atoms with Gasteiger partial charge in [-0.2, -0.15) is 0 Å². The number of morpholine rings is 1. The van der Waals surface area contributed by atoms with Crippen molar-refractivity contribution in [2.75, 3.05) is 24.6 Å². The number of aliphatic carboxylic acids is 1. The number of thiazole rings is 1. The second-order valence-corrected chi connectivity index (χ2v) is 10.8. The molecule has 0 bridgehead atoms. The number of hydrogen-bond donors (Lipinski definition) is 1. The molecule has 3 aromatic carbocycles. The van der Waals surface area contributed by atoms with Crippen molar-refractivity contribution in [3.63, 3.8) is 0 Å². The molecule has 1 fully saturated rings. The Morgan fingerprint density at radius 2 is 1.80 bits per heavy atom. The van der Waals surface area contributed by atoms with Crippen LogP contribution in [0.5, 0.6) is 0 Å². The third-order valence-corrected chi connectivity index (χ3v) is 8.11. The van der Waals surface area contributed by atoms with E-state index in [1.807, 2.05) is 61.5 Å². The molecule has 0 amide bonds. The predicted molar refractivity (Wildman–Crippen MR) is 143 cm³/mol. The number of carbonyl (C=O) groups is 1. The predicted octanol–water partition coefficient (Wildman–Crippen LogP) is 6.96. The van der Waals surface area contributed by atoms with Crippen molar-refractivity contribution < 1.29 is 14.6 Å². The third kappa shape index (κ3) is 4.76. The van der Waals surface area contributed by atoms with E-state index in [2.05, 4.69) is 11.8 Å². The average molecular weight is 527 g/mol. The van der Waals surface area contributed by atoms with Crippen LogP contribution < -0.4 is 4.90 Å². The van der Waals surface area contributed by atoms with Gasteiger partial charge in [0, 0.05) is 22.2 Å². The van der Waals surface area contributed by atoms with Gasteiger partial charge in [0.25, 0.3) is 0 Å². The fourth-order valence-electron chi connectivity index (χ4n) is 4.67. The molecule has 35 heavy (non-hydrogen) atoms. The highest BCUT2D eigenvalue weighted by Gasteiger charge is 2.35. The van der Waals surface area contributed by atoms with Gasteiger partial charge in [-0.05, 0) is 66.4 Å². The Balaban J connectivity index is 1.59. The molecular weight excluding hydrogens is 503 g/mol. The first kappa shape index (κ1) is 24.1. The molecule has 0 radical (unpaired) electrons. The number of aromatic nitrogens is 1. The maximum absolute atomic E-state index is 11.7. The van der Waals surface area contributed by atoms with Crippen LogP contribution in [0, 0.1) is 6.92 Å². The molecule has 5 rings (SSSR count). The highest BCUT2D eigenvalue weighted by molar-refractivity contribution is 7.22. The molecule has 1 aliphatic rings. The van der Waals surface area contributed by atoms with Crippen LogP contribution in [0.4, 0.5) is 5.13 Å². The van der Waals surface area contributed by atoms with Crippen LogP contribution in [0.25, 0.3) is 21.3 Å². The van der Waals surface area contributed by atoms with E-state index >= 15 is 0 Å². The van der Waals surface area contributed by atoms with Crippen LogP contribution in [0.15, 0.2) is 54.6 Å². The molecule has 1 saturated heterocycles. The summed E-state index contributed by atoms with van der Waals surface area (Å²) in [5.41, 5.74) is 4.99. The number of fused-ring (bicyclic) bond motifs is 1. The lowest BCUT2D eigenvalue weighted by Gasteiger charge is -2.40. The number of rotatable bonds is 5. The molecule has 5 nitrogen and oxygen atoms in total.